The minimum Gasteiger partial charge on any atom is -0.508 e. The molecule has 0 bridgehead atoms. The van der Waals surface area contributed by atoms with Crippen LogP contribution in [-0.4, -0.2) is 30.4 Å². The van der Waals surface area contributed by atoms with E-state index in [-0.39, 0.29) is 12.3 Å². The van der Waals surface area contributed by atoms with E-state index in [0.717, 1.165) is 18.7 Å². The molecule has 16 heavy (non-hydrogen) atoms. The van der Waals surface area contributed by atoms with Crippen LogP contribution in [0.5, 0.6) is 5.75 Å². The fourth-order valence-electron chi connectivity index (χ4n) is 2.14. The summed E-state index contributed by atoms with van der Waals surface area (Å²) in [7, 11) is 0. The lowest BCUT2D eigenvalue weighted by Crippen LogP contribution is -2.49. The number of piperidine rings is 1. The van der Waals surface area contributed by atoms with Crippen molar-refractivity contribution in [1.29, 1.82) is 0 Å². The predicted octanol–water partition coefficient (Wildman–Crippen LogP) is 1.66. The summed E-state index contributed by atoms with van der Waals surface area (Å²) in [6.45, 7) is 1.26. The SMILES string of the molecule is NCC1(F)CCCN(c2ccc(O)cc2)C1. The zero-order valence-electron chi connectivity index (χ0n) is 9.19. The van der Waals surface area contributed by atoms with E-state index in [1.807, 2.05) is 4.90 Å². The second kappa shape index (κ2) is 4.29. The third-order valence-electron chi connectivity index (χ3n) is 3.11. The molecule has 0 spiro atoms. The lowest BCUT2D eigenvalue weighted by molar-refractivity contribution is 0.146. The maximum absolute atomic E-state index is 14.1. The minimum atomic E-state index is -1.27. The van der Waals surface area contributed by atoms with Gasteiger partial charge >= 0.3 is 0 Å². The Hall–Kier alpha value is -1.29. The molecule has 0 aromatic heterocycles. The summed E-state index contributed by atoms with van der Waals surface area (Å²) < 4.78 is 14.1. The molecule has 1 unspecified atom stereocenters. The van der Waals surface area contributed by atoms with Crippen LogP contribution in [-0.2, 0) is 0 Å². The van der Waals surface area contributed by atoms with E-state index in [1.165, 1.54) is 0 Å². The van der Waals surface area contributed by atoms with Gasteiger partial charge in [-0.2, -0.15) is 0 Å². The fraction of sp³-hybridized carbons (Fsp3) is 0.500. The van der Waals surface area contributed by atoms with Gasteiger partial charge in [-0.3, -0.25) is 0 Å². The van der Waals surface area contributed by atoms with Crippen molar-refractivity contribution < 1.29 is 9.50 Å². The molecule has 2 rings (SSSR count). The second-order valence-corrected chi connectivity index (χ2v) is 4.40. The van der Waals surface area contributed by atoms with Gasteiger partial charge in [-0.05, 0) is 37.1 Å². The summed E-state index contributed by atoms with van der Waals surface area (Å²) in [6, 6.07) is 6.84. The topological polar surface area (TPSA) is 49.5 Å². The third-order valence-corrected chi connectivity index (χ3v) is 3.11. The number of hydrogen-bond acceptors (Lipinski definition) is 3. The Bertz CT molecular complexity index is 355. The van der Waals surface area contributed by atoms with Crippen LogP contribution in [0.25, 0.3) is 0 Å². The number of alkyl halides is 1. The van der Waals surface area contributed by atoms with E-state index in [1.54, 1.807) is 24.3 Å². The van der Waals surface area contributed by atoms with Crippen molar-refractivity contribution in [2.75, 3.05) is 24.5 Å². The van der Waals surface area contributed by atoms with Crippen LogP contribution < -0.4 is 10.6 Å². The number of rotatable bonds is 2. The molecule has 1 heterocycles. The first kappa shape index (κ1) is 11.2. The van der Waals surface area contributed by atoms with Gasteiger partial charge in [0.25, 0.3) is 0 Å². The molecule has 4 heteroatoms. The van der Waals surface area contributed by atoms with Gasteiger partial charge in [0.15, 0.2) is 0 Å². The molecule has 1 atom stereocenters. The van der Waals surface area contributed by atoms with Gasteiger partial charge < -0.3 is 15.7 Å². The molecule has 1 aliphatic heterocycles. The minimum absolute atomic E-state index is 0.0710. The molecular weight excluding hydrogens is 207 g/mol. The Morgan fingerprint density at radius 1 is 1.38 bits per heavy atom. The summed E-state index contributed by atoms with van der Waals surface area (Å²) in [4.78, 5) is 1.98. The summed E-state index contributed by atoms with van der Waals surface area (Å²) in [5.74, 6) is 0.228. The monoisotopic (exact) mass is 224 g/mol. The van der Waals surface area contributed by atoms with Crippen molar-refractivity contribution in [2.24, 2.45) is 5.73 Å². The molecule has 1 aromatic rings. The fourth-order valence-corrected chi connectivity index (χ4v) is 2.14. The molecule has 0 aliphatic carbocycles. The Balaban J connectivity index is 2.12. The number of phenolic OH excluding ortho intramolecular Hbond substituents is 1. The highest BCUT2D eigenvalue weighted by molar-refractivity contribution is 5.49. The number of hydrogen-bond donors (Lipinski definition) is 2. The van der Waals surface area contributed by atoms with Crippen molar-refractivity contribution in [3.05, 3.63) is 24.3 Å². The largest absolute Gasteiger partial charge is 0.508 e. The van der Waals surface area contributed by atoms with Crippen molar-refractivity contribution in [3.8, 4) is 5.75 Å². The summed E-state index contributed by atoms with van der Waals surface area (Å²) in [5, 5.41) is 9.19. The normalized spacial score (nSPS) is 25.8. The molecule has 1 aliphatic rings. The first-order valence-electron chi connectivity index (χ1n) is 5.56. The van der Waals surface area contributed by atoms with Crippen LogP contribution in [0.4, 0.5) is 10.1 Å². The van der Waals surface area contributed by atoms with E-state index >= 15 is 0 Å². The Kier molecular flexibility index (Phi) is 3.01. The molecular formula is C12H17FN2O. The molecule has 0 amide bonds. The van der Waals surface area contributed by atoms with Crippen molar-refractivity contribution in [3.63, 3.8) is 0 Å². The average molecular weight is 224 g/mol. The van der Waals surface area contributed by atoms with Crippen LogP contribution in [0.3, 0.4) is 0 Å². The zero-order chi connectivity index (χ0) is 11.6. The lowest BCUT2D eigenvalue weighted by atomic mass is 9.94. The maximum atomic E-state index is 14.1. The lowest BCUT2D eigenvalue weighted by Gasteiger charge is -2.38. The molecule has 1 fully saturated rings. The Labute approximate surface area is 94.7 Å². The highest BCUT2D eigenvalue weighted by Crippen LogP contribution is 2.28. The van der Waals surface area contributed by atoms with Gasteiger partial charge in [0.2, 0.25) is 0 Å². The number of phenols is 1. The van der Waals surface area contributed by atoms with Gasteiger partial charge in [0, 0.05) is 18.8 Å². The molecule has 3 N–H and O–H groups in total. The summed E-state index contributed by atoms with van der Waals surface area (Å²) >= 11 is 0. The Morgan fingerprint density at radius 3 is 2.69 bits per heavy atom. The van der Waals surface area contributed by atoms with Crippen LogP contribution in [0, 0.1) is 0 Å². The van der Waals surface area contributed by atoms with Crippen molar-refractivity contribution in [2.45, 2.75) is 18.5 Å². The second-order valence-electron chi connectivity index (χ2n) is 4.40. The van der Waals surface area contributed by atoms with Gasteiger partial charge in [-0.25, -0.2) is 4.39 Å². The molecule has 3 nitrogen and oxygen atoms in total. The van der Waals surface area contributed by atoms with Crippen LogP contribution >= 0.6 is 0 Å². The molecule has 0 radical (unpaired) electrons. The smallest absolute Gasteiger partial charge is 0.140 e. The number of aromatic hydroxyl groups is 1. The quantitative estimate of drug-likeness (QED) is 0.803. The van der Waals surface area contributed by atoms with E-state index in [0.29, 0.717) is 13.0 Å². The first-order valence-corrected chi connectivity index (χ1v) is 5.56. The van der Waals surface area contributed by atoms with Crippen molar-refractivity contribution in [1.82, 2.24) is 0 Å². The standard InChI is InChI=1S/C12H17FN2O/c13-12(8-14)6-1-7-15(9-12)10-2-4-11(16)5-3-10/h2-5,16H,1,6-9,14H2. The first-order chi connectivity index (χ1) is 7.63. The molecule has 1 aromatic carbocycles. The Morgan fingerprint density at radius 2 is 2.06 bits per heavy atom. The summed E-state index contributed by atoms with van der Waals surface area (Å²) in [5.41, 5.74) is 5.13. The maximum Gasteiger partial charge on any atom is 0.140 e. The number of nitrogens with two attached hydrogens (primary N) is 1. The highest BCUT2D eigenvalue weighted by Gasteiger charge is 2.34. The number of benzene rings is 1. The van der Waals surface area contributed by atoms with Crippen LogP contribution in [0.1, 0.15) is 12.8 Å². The predicted molar refractivity (Wildman–Crippen MR) is 62.4 cm³/mol. The third kappa shape index (κ3) is 2.27. The highest BCUT2D eigenvalue weighted by atomic mass is 19.1. The van der Waals surface area contributed by atoms with Crippen molar-refractivity contribution >= 4 is 5.69 Å². The van der Waals surface area contributed by atoms with Crippen LogP contribution in [0.15, 0.2) is 24.3 Å². The molecule has 88 valence electrons. The van der Waals surface area contributed by atoms with Gasteiger partial charge in [0.05, 0.1) is 6.54 Å². The van der Waals surface area contributed by atoms with E-state index in [9.17, 15) is 9.50 Å². The number of halogens is 1. The van der Waals surface area contributed by atoms with E-state index < -0.39 is 5.67 Å². The average Bonchev–Trinajstić information content (AvgIpc) is 2.30. The van der Waals surface area contributed by atoms with E-state index in [2.05, 4.69) is 0 Å². The van der Waals surface area contributed by atoms with Crippen LogP contribution in [0.2, 0.25) is 0 Å². The molecule has 1 saturated heterocycles. The van der Waals surface area contributed by atoms with Gasteiger partial charge in [0.1, 0.15) is 11.4 Å². The summed E-state index contributed by atoms with van der Waals surface area (Å²) in [6.07, 6.45) is 1.35. The zero-order valence-corrected chi connectivity index (χ0v) is 9.19. The van der Waals surface area contributed by atoms with E-state index in [4.69, 9.17) is 5.73 Å². The number of anilines is 1. The van der Waals surface area contributed by atoms with Gasteiger partial charge in [-0.15, -0.1) is 0 Å². The molecule has 0 saturated carbocycles. The van der Waals surface area contributed by atoms with Gasteiger partial charge in [-0.1, -0.05) is 0 Å². The number of nitrogens with zero attached hydrogens (tertiary/aromatic N) is 1.